The van der Waals surface area contributed by atoms with Crippen LogP contribution in [0.4, 0.5) is 0 Å². The van der Waals surface area contributed by atoms with Crippen LogP contribution in [0.1, 0.15) is 31.8 Å². The van der Waals surface area contributed by atoms with Crippen LogP contribution in [0.15, 0.2) is 0 Å². The molecule has 1 aliphatic heterocycles. The van der Waals surface area contributed by atoms with E-state index in [4.69, 9.17) is 16.7 Å². The van der Waals surface area contributed by atoms with Gasteiger partial charge >= 0.3 is 5.97 Å². The molecule has 1 aromatic heterocycles. The van der Waals surface area contributed by atoms with Crippen molar-refractivity contribution >= 4 is 17.6 Å². The number of halogens is 1. The fourth-order valence-electron chi connectivity index (χ4n) is 2.30. The lowest BCUT2D eigenvalue weighted by molar-refractivity contribution is -0.142. The largest absolute Gasteiger partial charge is 0.481 e. The zero-order valence-electron chi connectivity index (χ0n) is 10.1. The van der Waals surface area contributed by atoms with Gasteiger partial charge in [-0.15, -0.1) is 0 Å². The van der Waals surface area contributed by atoms with Gasteiger partial charge in [0.15, 0.2) is 5.15 Å². The van der Waals surface area contributed by atoms with Crippen LogP contribution in [0.25, 0.3) is 0 Å². The molecule has 2 rings (SSSR count). The van der Waals surface area contributed by atoms with Gasteiger partial charge in [-0.1, -0.05) is 25.4 Å². The third kappa shape index (κ3) is 2.46. The zero-order chi connectivity index (χ0) is 12.6. The standard InChI is InChI=1S/C12H17ClN2O2/c1-7(2)5-10-14-11(13)9-4-3-8(12(16)17)6-15(9)10/h7-8H,3-6H2,1-2H3,(H,16,17). The number of carbonyl (C=O) groups is 1. The summed E-state index contributed by atoms with van der Waals surface area (Å²) in [6.45, 7) is 4.74. The molecule has 0 aromatic carbocycles. The van der Waals surface area contributed by atoms with Gasteiger partial charge in [0.2, 0.25) is 0 Å². The van der Waals surface area contributed by atoms with Gasteiger partial charge in [-0.25, -0.2) is 4.98 Å². The summed E-state index contributed by atoms with van der Waals surface area (Å²) in [4.78, 5) is 15.4. The quantitative estimate of drug-likeness (QED) is 0.903. The minimum Gasteiger partial charge on any atom is -0.481 e. The van der Waals surface area contributed by atoms with Gasteiger partial charge in [-0.05, 0) is 18.8 Å². The first-order valence-corrected chi connectivity index (χ1v) is 6.33. The lowest BCUT2D eigenvalue weighted by Crippen LogP contribution is -2.27. The number of hydrogen-bond donors (Lipinski definition) is 1. The number of hydrogen-bond acceptors (Lipinski definition) is 2. The Morgan fingerprint density at radius 3 is 2.94 bits per heavy atom. The third-order valence-corrected chi connectivity index (χ3v) is 3.48. The van der Waals surface area contributed by atoms with Crippen LogP contribution in [0, 0.1) is 11.8 Å². The Kier molecular flexibility index (Phi) is 3.43. The van der Waals surface area contributed by atoms with Crippen LogP contribution < -0.4 is 0 Å². The molecule has 0 aliphatic carbocycles. The molecule has 0 spiro atoms. The van der Waals surface area contributed by atoms with Gasteiger partial charge in [0.25, 0.3) is 0 Å². The molecule has 0 radical (unpaired) electrons. The molecule has 4 nitrogen and oxygen atoms in total. The number of fused-ring (bicyclic) bond motifs is 1. The first-order chi connectivity index (χ1) is 7.99. The molecule has 1 atom stereocenters. The highest BCUT2D eigenvalue weighted by atomic mass is 35.5. The van der Waals surface area contributed by atoms with Gasteiger partial charge in [0.1, 0.15) is 5.82 Å². The number of nitrogens with zero attached hydrogens (tertiary/aromatic N) is 2. The Balaban J connectivity index is 2.30. The van der Waals surface area contributed by atoms with Gasteiger partial charge in [-0.3, -0.25) is 4.79 Å². The van der Waals surface area contributed by atoms with E-state index in [9.17, 15) is 4.79 Å². The van der Waals surface area contributed by atoms with Crippen LogP contribution in [-0.4, -0.2) is 20.6 Å². The summed E-state index contributed by atoms with van der Waals surface area (Å²) < 4.78 is 2.00. The van der Waals surface area contributed by atoms with E-state index in [1.165, 1.54) is 0 Å². The van der Waals surface area contributed by atoms with Crippen LogP contribution in [0.2, 0.25) is 5.15 Å². The molecule has 0 saturated carbocycles. The van der Waals surface area contributed by atoms with Crippen molar-refractivity contribution in [3.05, 3.63) is 16.7 Å². The van der Waals surface area contributed by atoms with Crippen molar-refractivity contribution in [3.8, 4) is 0 Å². The maximum atomic E-state index is 11.0. The molecule has 0 fully saturated rings. The molecule has 2 heterocycles. The molecule has 1 unspecified atom stereocenters. The van der Waals surface area contributed by atoms with Gasteiger partial charge < -0.3 is 9.67 Å². The van der Waals surface area contributed by atoms with Gasteiger partial charge in [0, 0.05) is 13.0 Å². The fourth-order valence-corrected chi connectivity index (χ4v) is 2.60. The average Bonchev–Trinajstić information content (AvgIpc) is 2.54. The van der Waals surface area contributed by atoms with E-state index in [2.05, 4.69) is 18.8 Å². The van der Waals surface area contributed by atoms with Crippen molar-refractivity contribution in [2.75, 3.05) is 0 Å². The zero-order valence-corrected chi connectivity index (χ0v) is 10.9. The van der Waals surface area contributed by atoms with Crippen molar-refractivity contribution in [1.29, 1.82) is 0 Å². The summed E-state index contributed by atoms with van der Waals surface area (Å²) in [5.74, 6) is 0.378. The van der Waals surface area contributed by atoms with Gasteiger partial charge in [0.05, 0.1) is 11.6 Å². The van der Waals surface area contributed by atoms with E-state index in [-0.39, 0.29) is 5.92 Å². The van der Waals surface area contributed by atoms with E-state index in [0.29, 0.717) is 30.5 Å². The molecule has 94 valence electrons. The molecule has 0 amide bonds. The smallest absolute Gasteiger partial charge is 0.308 e. The summed E-state index contributed by atoms with van der Waals surface area (Å²) >= 11 is 6.09. The Labute approximate surface area is 106 Å². The van der Waals surface area contributed by atoms with Crippen molar-refractivity contribution in [2.24, 2.45) is 11.8 Å². The SMILES string of the molecule is CC(C)Cc1nc(Cl)c2n1CC(C(=O)O)CC2. The molecule has 1 N–H and O–H groups in total. The summed E-state index contributed by atoms with van der Waals surface area (Å²) in [6, 6.07) is 0. The number of imidazole rings is 1. The maximum Gasteiger partial charge on any atom is 0.308 e. The van der Waals surface area contributed by atoms with Crippen molar-refractivity contribution in [2.45, 2.75) is 39.7 Å². The van der Waals surface area contributed by atoms with Crippen LogP contribution in [-0.2, 0) is 24.2 Å². The molecule has 5 heteroatoms. The summed E-state index contributed by atoms with van der Waals surface area (Å²) in [6.07, 6.45) is 2.20. The maximum absolute atomic E-state index is 11.0. The van der Waals surface area contributed by atoms with E-state index in [1.54, 1.807) is 0 Å². The lowest BCUT2D eigenvalue weighted by atomic mass is 9.98. The monoisotopic (exact) mass is 256 g/mol. The highest BCUT2D eigenvalue weighted by Crippen LogP contribution is 2.28. The molecule has 17 heavy (non-hydrogen) atoms. The molecular weight excluding hydrogens is 240 g/mol. The van der Waals surface area contributed by atoms with E-state index < -0.39 is 5.97 Å². The van der Waals surface area contributed by atoms with Crippen molar-refractivity contribution < 1.29 is 9.90 Å². The summed E-state index contributed by atoms with van der Waals surface area (Å²) in [5.41, 5.74) is 1.000. The van der Waals surface area contributed by atoms with Crippen LogP contribution >= 0.6 is 11.6 Å². The highest BCUT2D eigenvalue weighted by Gasteiger charge is 2.28. The molecular formula is C12H17ClN2O2. The predicted molar refractivity (Wildman–Crippen MR) is 65.2 cm³/mol. The number of aromatic nitrogens is 2. The normalized spacial score (nSPS) is 19.4. The molecule has 0 bridgehead atoms. The second kappa shape index (κ2) is 4.69. The first kappa shape index (κ1) is 12.4. The average molecular weight is 257 g/mol. The van der Waals surface area contributed by atoms with Crippen LogP contribution in [0.3, 0.4) is 0 Å². The van der Waals surface area contributed by atoms with E-state index >= 15 is 0 Å². The van der Waals surface area contributed by atoms with Crippen LogP contribution in [0.5, 0.6) is 0 Å². The van der Waals surface area contributed by atoms with E-state index in [1.807, 2.05) is 4.57 Å². The number of carboxylic acids is 1. The third-order valence-electron chi connectivity index (χ3n) is 3.18. The van der Waals surface area contributed by atoms with Crippen molar-refractivity contribution in [3.63, 3.8) is 0 Å². The second-order valence-corrected chi connectivity index (χ2v) is 5.41. The fraction of sp³-hybridized carbons (Fsp3) is 0.667. The minimum absolute atomic E-state index is 0.307. The predicted octanol–water partition coefficient (Wildman–Crippen LogP) is 2.38. The van der Waals surface area contributed by atoms with Crippen molar-refractivity contribution in [1.82, 2.24) is 9.55 Å². The minimum atomic E-state index is -0.726. The number of aliphatic carboxylic acids is 1. The molecule has 1 aliphatic rings. The Hall–Kier alpha value is -1.03. The lowest BCUT2D eigenvalue weighted by Gasteiger charge is -2.23. The number of rotatable bonds is 3. The molecule has 0 saturated heterocycles. The first-order valence-electron chi connectivity index (χ1n) is 5.95. The Morgan fingerprint density at radius 1 is 1.65 bits per heavy atom. The van der Waals surface area contributed by atoms with E-state index in [0.717, 1.165) is 17.9 Å². The topological polar surface area (TPSA) is 55.1 Å². The van der Waals surface area contributed by atoms with Gasteiger partial charge in [-0.2, -0.15) is 0 Å². The number of carboxylic acid groups (broad SMARTS) is 1. The highest BCUT2D eigenvalue weighted by molar-refractivity contribution is 6.30. The summed E-state index contributed by atoms with van der Waals surface area (Å²) in [7, 11) is 0. The Morgan fingerprint density at radius 2 is 2.35 bits per heavy atom. The Bertz CT molecular complexity index is 440. The second-order valence-electron chi connectivity index (χ2n) is 5.05. The molecule has 1 aromatic rings. The summed E-state index contributed by atoms with van der Waals surface area (Å²) in [5, 5.41) is 9.62.